The molecule has 4 rings (SSSR count). The molecular formula is C16H16N4O2S. The number of amides is 1. The van der Waals surface area contributed by atoms with E-state index in [1.165, 1.54) is 11.8 Å². The van der Waals surface area contributed by atoms with Gasteiger partial charge in [0.2, 0.25) is 5.91 Å². The van der Waals surface area contributed by atoms with E-state index in [1.54, 1.807) is 15.8 Å². The van der Waals surface area contributed by atoms with Crippen molar-refractivity contribution in [1.82, 2.24) is 14.8 Å². The number of carbonyl (C=O) groups excluding carboxylic acids is 1. The molecule has 1 atom stereocenters. The summed E-state index contributed by atoms with van der Waals surface area (Å²) in [5, 5.41) is 4.53. The number of hydrogen-bond acceptors (Lipinski definition) is 5. The molecule has 2 aromatic heterocycles. The van der Waals surface area contributed by atoms with Gasteiger partial charge in [0.15, 0.2) is 5.58 Å². The first-order chi connectivity index (χ1) is 11.2. The van der Waals surface area contributed by atoms with Gasteiger partial charge in [0, 0.05) is 19.8 Å². The van der Waals surface area contributed by atoms with Crippen LogP contribution in [0.2, 0.25) is 0 Å². The van der Waals surface area contributed by atoms with Crippen LogP contribution in [0.3, 0.4) is 0 Å². The Hall–Kier alpha value is -2.28. The lowest BCUT2D eigenvalue weighted by atomic mass is 10.1. The van der Waals surface area contributed by atoms with Crippen LogP contribution in [0.25, 0.3) is 11.1 Å². The largest absolute Gasteiger partial charge is 0.431 e. The molecule has 1 saturated heterocycles. The molecule has 0 N–H and O–H groups in total. The number of aryl methyl sites for hydroxylation is 1. The number of hydrogen-bond donors (Lipinski definition) is 0. The summed E-state index contributed by atoms with van der Waals surface area (Å²) >= 11 is 1.41. The van der Waals surface area contributed by atoms with Gasteiger partial charge in [-0.15, -0.1) is 0 Å². The number of anilines is 1. The SMILES string of the molecule is Cn1cc(N2CCC[C@H](Sc3nc4ccccc4o3)C2=O)cn1. The fraction of sp³-hybridized carbons (Fsp3) is 0.312. The van der Waals surface area contributed by atoms with Crippen LogP contribution in [0.5, 0.6) is 0 Å². The maximum atomic E-state index is 12.8. The van der Waals surface area contributed by atoms with Crippen LogP contribution in [0.1, 0.15) is 12.8 Å². The first kappa shape index (κ1) is 14.3. The molecule has 0 bridgehead atoms. The zero-order chi connectivity index (χ0) is 15.8. The van der Waals surface area contributed by atoms with E-state index in [2.05, 4.69) is 10.1 Å². The van der Waals surface area contributed by atoms with E-state index in [0.717, 1.165) is 36.2 Å². The van der Waals surface area contributed by atoms with Crippen LogP contribution in [0, 0.1) is 0 Å². The van der Waals surface area contributed by atoms with Crippen LogP contribution < -0.4 is 4.90 Å². The smallest absolute Gasteiger partial charge is 0.257 e. The number of fused-ring (bicyclic) bond motifs is 1. The van der Waals surface area contributed by atoms with E-state index in [9.17, 15) is 4.79 Å². The van der Waals surface area contributed by atoms with E-state index < -0.39 is 0 Å². The highest BCUT2D eigenvalue weighted by Gasteiger charge is 2.32. The molecular weight excluding hydrogens is 312 g/mol. The van der Waals surface area contributed by atoms with Crippen LogP contribution in [0.15, 0.2) is 46.3 Å². The molecule has 1 aromatic carbocycles. The zero-order valence-electron chi connectivity index (χ0n) is 12.7. The number of carbonyl (C=O) groups is 1. The summed E-state index contributed by atoms with van der Waals surface area (Å²) in [4.78, 5) is 19.0. The van der Waals surface area contributed by atoms with Gasteiger partial charge in [0.05, 0.1) is 17.1 Å². The minimum Gasteiger partial charge on any atom is -0.431 e. The number of oxazole rings is 1. The van der Waals surface area contributed by atoms with E-state index in [4.69, 9.17) is 4.42 Å². The number of piperidine rings is 1. The predicted octanol–water partition coefficient (Wildman–Crippen LogP) is 2.85. The Labute approximate surface area is 137 Å². The Kier molecular flexibility index (Phi) is 3.57. The van der Waals surface area contributed by atoms with Gasteiger partial charge in [0.1, 0.15) is 5.52 Å². The van der Waals surface area contributed by atoms with Crippen LogP contribution in [-0.2, 0) is 11.8 Å². The van der Waals surface area contributed by atoms with Crippen molar-refractivity contribution in [1.29, 1.82) is 0 Å². The van der Waals surface area contributed by atoms with Crippen molar-refractivity contribution in [2.24, 2.45) is 7.05 Å². The fourth-order valence-electron chi connectivity index (χ4n) is 2.78. The maximum absolute atomic E-state index is 12.8. The molecule has 1 aliphatic heterocycles. The molecule has 6 nitrogen and oxygen atoms in total. The van der Waals surface area contributed by atoms with E-state index >= 15 is 0 Å². The third-order valence-corrected chi connectivity index (χ3v) is 5.01. The Balaban J connectivity index is 1.55. The molecule has 0 unspecified atom stereocenters. The molecule has 7 heteroatoms. The molecule has 3 aromatic rings. The molecule has 0 radical (unpaired) electrons. The molecule has 1 fully saturated rings. The highest BCUT2D eigenvalue weighted by Crippen LogP contribution is 2.33. The van der Waals surface area contributed by atoms with Gasteiger partial charge in [-0.25, -0.2) is 4.98 Å². The first-order valence-corrected chi connectivity index (χ1v) is 8.41. The lowest BCUT2D eigenvalue weighted by Gasteiger charge is -2.30. The second-order valence-electron chi connectivity index (χ2n) is 5.56. The Bertz CT molecular complexity index is 824. The molecule has 0 aliphatic carbocycles. The Morgan fingerprint density at radius 2 is 2.22 bits per heavy atom. The third kappa shape index (κ3) is 2.72. The summed E-state index contributed by atoms with van der Waals surface area (Å²) in [7, 11) is 1.85. The number of rotatable bonds is 3. The maximum Gasteiger partial charge on any atom is 0.257 e. The highest BCUT2D eigenvalue weighted by atomic mass is 32.2. The molecule has 1 aliphatic rings. The average Bonchev–Trinajstić information content (AvgIpc) is 3.15. The van der Waals surface area contributed by atoms with Crippen LogP contribution >= 0.6 is 11.8 Å². The van der Waals surface area contributed by atoms with Crippen molar-refractivity contribution in [3.05, 3.63) is 36.7 Å². The lowest BCUT2D eigenvalue weighted by Crippen LogP contribution is -2.42. The van der Waals surface area contributed by atoms with Gasteiger partial charge in [0.25, 0.3) is 5.22 Å². The molecule has 0 spiro atoms. The minimum atomic E-state index is -0.169. The summed E-state index contributed by atoms with van der Waals surface area (Å²) in [6.45, 7) is 0.731. The van der Waals surface area contributed by atoms with Gasteiger partial charge in [-0.3, -0.25) is 9.48 Å². The number of aromatic nitrogens is 3. The zero-order valence-corrected chi connectivity index (χ0v) is 13.5. The van der Waals surface area contributed by atoms with Gasteiger partial charge in [-0.1, -0.05) is 23.9 Å². The van der Waals surface area contributed by atoms with Crippen molar-refractivity contribution in [2.75, 3.05) is 11.4 Å². The number of thioether (sulfide) groups is 1. The Morgan fingerprint density at radius 3 is 3.00 bits per heavy atom. The summed E-state index contributed by atoms with van der Waals surface area (Å²) in [6.07, 6.45) is 5.38. The van der Waals surface area contributed by atoms with E-state index in [0.29, 0.717) is 5.22 Å². The number of para-hydroxylation sites is 2. The molecule has 1 amide bonds. The van der Waals surface area contributed by atoms with Crippen molar-refractivity contribution in [3.63, 3.8) is 0 Å². The number of benzene rings is 1. The molecule has 23 heavy (non-hydrogen) atoms. The fourth-order valence-corrected chi connectivity index (χ4v) is 3.82. The second kappa shape index (κ2) is 5.73. The third-order valence-electron chi connectivity index (χ3n) is 3.91. The summed E-state index contributed by atoms with van der Waals surface area (Å²) in [6, 6.07) is 7.64. The van der Waals surface area contributed by atoms with Crippen molar-refractivity contribution in [3.8, 4) is 0 Å². The van der Waals surface area contributed by atoms with Gasteiger partial charge in [-0.05, 0) is 25.0 Å². The summed E-state index contributed by atoms with van der Waals surface area (Å²) < 4.78 is 7.44. The van der Waals surface area contributed by atoms with E-state index in [-0.39, 0.29) is 11.2 Å². The monoisotopic (exact) mass is 328 g/mol. The van der Waals surface area contributed by atoms with Crippen molar-refractivity contribution in [2.45, 2.75) is 23.3 Å². The van der Waals surface area contributed by atoms with Gasteiger partial charge in [-0.2, -0.15) is 5.10 Å². The quantitative estimate of drug-likeness (QED) is 0.740. The topological polar surface area (TPSA) is 64.2 Å². The second-order valence-corrected chi connectivity index (χ2v) is 6.71. The molecule has 3 heterocycles. The van der Waals surface area contributed by atoms with E-state index in [1.807, 2.05) is 37.5 Å². The standard InChI is InChI=1S/C16H16N4O2S/c1-19-10-11(9-17-19)20-8-4-7-14(15(20)21)23-16-18-12-5-2-3-6-13(12)22-16/h2-3,5-6,9-10,14H,4,7-8H2,1H3/t14-/m0/s1. The average molecular weight is 328 g/mol. The summed E-state index contributed by atoms with van der Waals surface area (Å²) in [5.74, 6) is 0.0940. The highest BCUT2D eigenvalue weighted by molar-refractivity contribution is 8.00. The Morgan fingerprint density at radius 1 is 1.35 bits per heavy atom. The summed E-state index contributed by atoms with van der Waals surface area (Å²) in [5.41, 5.74) is 2.42. The van der Waals surface area contributed by atoms with Crippen molar-refractivity contribution >= 4 is 34.5 Å². The number of nitrogens with zero attached hydrogens (tertiary/aromatic N) is 4. The van der Waals surface area contributed by atoms with Crippen molar-refractivity contribution < 1.29 is 9.21 Å². The minimum absolute atomic E-state index is 0.0940. The van der Waals surface area contributed by atoms with Gasteiger partial charge < -0.3 is 9.32 Å². The molecule has 118 valence electrons. The molecule has 0 saturated carbocycles. The first-order valence-electron chi connectivity index (χ1n) is 7.53. The predicted molar refractivity (Wildman–Crippen MR) is 88.4 cm³/mol. The normalized spacial score (nSPS) is 18.7. The van der Waals surface area contributed by atoms with Crippen LogP contribution in [-0.4, -0.2) is 32.5 Å². The lowest BCUT2D eigenvalue weighted by molar-refractivity contribution is -0.119. The van der Waals surface area contributed by atoms with Gasteiger partial charge >= 0.3 is 0 Å². The van der Waals surface area contributed by atoms with Crippen LogP contribution in [0.4, 0.5) is 5.69 Å².